The number of carbonyl (C=O) groups excluding carboxylic acids is 3. The average molecular weight is 385 g/mol. The Kier molecular flexibility index (Phi) is 7.64. The minimum Gasteiger partial charge on any atom is -0.456 e. The lowest BCUT2D eigenvalue weighted by Crippen LogP contribution is -2.21. The van der Waals surface area contributed by atoms with Crippen LogP contribution in [0.15, 0.2) is 54.6 Å². The lowest BCUT2D eigenvalue weighted by molar-refractivity contribution is -0.384. The van der Waals surface area contributed by atoms with E-state index in [4.69, 9.17) is 4.74 Å². The zero-order valence-electron chi connectivity index (χ0n) is 14.9. The van der Waals surface area contributed by atoms with Gasteiger partial charge in [-0.2, -0.15) is 0 Å². The Labute approximate surface area is 160 Å². The number of amides is 2. The van der Waals surface area contributed by atoms with Gasteiger partial charge in [0.15, 0.2) is 6.61 Å². The van der Waals surface area contributed by atoms with Gasteiger partial charge < -0.3 is 15.4 Å². The first-order valence-electron chi connectivity index (χ1n) is 8.49. The minimum atomic E-state index is -0.615. The van der Waals surface area contributed by atoms with E-state index in [-0.39, 0.29) is 36.5 Å². The molecule has 0 aromatic heterocycles. The second kappa shape index (κ2) is 10.4. The number of non-ortho nitro benzene ring substituents is 1. The molecule has 0 radical (unpaired) electrons. The monoisotopic (exact) mass is 385 g/mol. The highest BCUT2D eigenvalue weighted by Gasteiger charge is 2.11. The molecule has 0 unspecified atom stereocenters. The zero-order chi connectivity index (χ0) is 20.4. The molecule has 2 aromatic rings. The molecule has 0 heterocycles. The third-order valence-corrected chi connectivity index (χ3v) is 3.55. The summed E-state index contributed by atoms with van der Waals surface area (Å²) in [4.78, 5) is 45.3. The molecular weight excluding hydrogens is 366 g/mol. The first kappa shape index (κ1) is 20.6. The maximum atomic E-state index is 11.8. The van der Waals surface area contributed by atoms with E-state index in [1.165, 1.54) is 24.3 Å². The van der Waals surface area contributed by atoms with Crippen LogP contribution in [-0.4, -0.2) is 29.3 Å². The van der Waals surface area contributed by atoms with E-state index >= 15 is 0 Å². The summed E-state index contributed by atoms with van der Waals surface area (Å²) in [6.45, 7) is -0.516. The molecule has 2 N–H and O–H groups in total. The number of nitrogens with one attached hydrogen (secondary N) is 2. The van der Waals surface area contributed by atoms with Crippen LogP contribution in [0.3, 0.4) is 0 Å². The largest absolute Gasteiger partial charge is 0.456 e. The van der Waals surface area contributed by atoms with Crippen molar-refractivity contribution in [3.8, 4) is 0 Å². The molecule has 2 rings (SSSR count). The molecule has 28 heavy (non-hydrogen) atoms. The van der Waals surface area contributed by atoms with Crippen molar-refractivity contribution in [3.63, 3.8) is 0 Å². The normalized spacial score (nSPS) is 10.0. The van der Waals surface area contributed by atoms with Crippen LogP contribution in [0.4, 0.5) is 17.1 Å². The van der Waals surface area contributed by atoms with Crippen LogP contribution in [0.1, 0.15) is 19.3 Å². The number of benzene rings is 2. The Morgan fingerprint density at radius 1 is 0.893 bits per heavy atom. The third kappa shape index (κ3) is 7.24. The van der Waals surface area contributed by atoms with Crippen molar-refractivity contribution in [2.45, 2.75) is 19.3 Å². The number of hydrogen-bond donors (Lipinski definition) is 2. The van der Waals surface area contributed by atoms with Crippen LogP contribution in [0, 0.1) is 10.1 Å². The van der Waals surface area contributed by atoms with E-state index in [0.717, 1.165) is 0 Å². The van der Waals surface area contributed by atoms with Gasteiger partial charge in [0.25, 0.3) is 11.6 Å². The molecule has 9 nitrogen and oxygen atoms in total. The number of nitro groups is 1. The summed E-state index contributed by atoms with van der Waals surface area (Å²) in [7, 11) is 0. The van der Waals surface area contributed by atoms with Crippen LogP contribution < -0.4 is 10.6 Å². The maximum Gasteiger partial charge on any atom is 0.306 e. The maximum absolute atomic E-state index is 11.8. The van der Waals surface area contributed by atoms with Gasteiger partial charge in [0, 0.05) is 36.3 Å². The second-order valence-corrected chi connectivity index (χ2v) is 5.78. The smallest absolute Gasteiger partial charge is 0.306 e. The predicted octanol–water partition coefficient (Wildman–Crippen LogP) is 2.89. The van der Waals surface area contributed by atoms with Crippen LogP contribution >= 0.6 is 0 Å². The SMILES string of the molecule is O=C(CCCC(=O)OCC(=O)Nc1cccc([N+](=O)[O-])c1)Nc1ccccc1. The number of para-hydroxylation sites is 1. The van der Waals surface area contributed by atoms with Crippen LogP contribution in [0.25, 0.3) is 0 Å². The molecule has 2 aromatic carbocycles. The molecule has 9 heteroatoms. The number of anilines is 2. The molecule has 0 saturated heterocycles. The lowest BCUT2D eigenvalue weighted by Gasteiger charge is -2.07. The van der Waals surface area contributed by atoms with Gasteiger partial charge in [-0.1, -0.05) is 24.3 Å². The Balaban J connectivity index is 1.65. The summed E-state index contributed by atoms with van der Waals surface area (Å²) in [6.07, 6.45) is 0.417. The number of ether oxygens (including phenoxy) is 1. The fourth-order valence-corrected chi connectivity index (χ4v) is 2.25. The number of hydrogen-bond acceptors (Lipinski definition) is 6. The van der Waals surface area contributed by atoms with Crippen LogP contribution in [0.2, 0.25) is 0 Å². The fraction of sp³-hybridized carbons (Fsp3) is 0.211. The van der Waals surface area contributed by atoms with Gasteiger partial charge in [0.2, 0.25) is 5.91 Å². The quantitative estimate of drug-likeness (QED) is 0.388. The minimum absolute atomic E-state index is 0.00764. The van der Waals surface area contributed by atoms with Crippen molar-refractivity contribution >= 4 is 34.8 Å². The van der Waals surface area contributed by atoms with E-state index in [9.17, 15) is 24.5 Å². The summed E-state index contributed by atoms with van der Waals surface area (Å²) in [6, 6.07) is 14.4. The summed E-state index contributed by atoms with van der Waals surface area (Å²) in [5.74, 6) is -1.44. The van der Waals surface area contributed by atoms with Gasteiger partial charge >= 0.3 is 5.97 Å². The lowest BCUT2D eigenvalue weighted by atomic mass is 10.2. The average Bonchev–Trinajstić information content (AvgIpc) is 2.67. The molecule has 0 fully saturated rings. The summed E-state index contributed by atoms with van der Waals surface area (Å²) < 4.78 is 4.84. The summed E-state index contributed by atoms with van der Waals surface area (Å²) in [5, 5.41) is 15.8. The number of carbonyl (C=O) groups is 3. The number of nitrogens with zero attached hydrogens (tertiary/aromatic N) is 1. The first-order chi connectivity index (χ1) is 13.4. The molecule has 0 atom stereocenters. The van der Waals surface area contributed by atoms with Gasteiger partial charge in [-0.15, -0.1) is 0 Å². The van der Waals surface area contributed by atoms with Crippen LogP contribution in [0.5, 0.6) is 0 Å². The number of nitro benzene ring substituents is 1. The number of rotatable bonds is 9. The van der Waals surface area contributed by atoms with Crippen molar-refractivity contribution in [1.29, 1.82) is 0 Å². The van der Waals surface area contributed by atoms with Crippen molar-refractivity contribution in [1.82, 2.24) is 0 Å². The Morgan fingerprint density at radius 3 is 2.29 bits per heavy atom. The van der Waals surface area contributed by atoms with Gasteiger partial charge in [0.1, 0.15) is 0 Å². The topological polar surface area (TPSA) is 128 Å². The standard InChI is InChI=1S/C19H19N3O6/c23-17(20-14-6-2-1-3-7-14)10-5-11-19(25)28-13-18(24)21-15-8-4-9-16(12-15)22(26)27/h1-4,6-9,12H,5,10-11,13H2,(H,20,23)(H,21,24). The Morgan fingerprint density at radius 2 is 1.57 bits per heavy atom. The van der Waals surface area contributed by atoms with Crippen molar-refractivity contribution in [3.05, 3.63) is 64.7 Å². The van der Waals surface area contributed by atoms with Gasteiger partial charge in [0.05, 0.1) is 4.92 Å². The van der Waals surface area contributed by atoms with E-state index in [1.807, 2.05) is 6.07 Å². The highest BCUT2D eigenvalue weighted by Crippen LogP contribution is 2.16. The molecule has 0 spiro atoms. The fourth-order valence-electron chi connectivity index (χ4n) is 2.25. The molecule has 0 saturated carbocycles. The van der Waals surface area contributed by atoms with Gasteiger partial charge in [-0.05, 0) is 24.6 Å². The van der Waals surface area contributed by atoms with Crippen molar-refractivity contribution in [2.75, 3.05) is 17.2 Å². The Hall–Kier alpha value is -3.75. The second-order valence-electron chi connectivity index (χ2n) is 5.78. The highest BCUT2D eigenvalue weighted by molar-refractivity contribution is 5.93. The van der Waals surface area contributed by atoms with Gasteiger partial charge in [-0.25, -0.2) is 0 Å². The molecule has 0 bridgehead atoms. The summed E-state index contributed by atoms with van der Waals surface area (Å²) >= 11 is 0. The van der Waals surface area contributed by atoms with Crippen LogP contribution in [-0.2, 0) is 19.1 Å². The molecule has 146 valence electrons. The number of esters is 1. The van der Waals surface area contributed by atoms with E-state index < -0.39 is 23.4 Å². The van der Waals surface area contributed by atoms with E-state index in [0.29, 0.717) is 5.69 Å². The van der Waals surface area contributed by atoms with Crippen molar-refractivity contribution in [2.24, 2.45) is 0 Å². The molecule has 0 aliphatic heterocycles. The van der Waals surface area contributed by atoms with Gasteiger partial charge in [-0.3, -0.25) is 24.5 Å². The summed E-state index contributed by atoms with van der Waals surface area (Å²) in [5.41, 5.74) is 0.740. The van der Waals surface area contributed by atoms with Crippen molar-refractivity contribution < 1.29 is 24.0 Å². The molecule has 0 aliphatic carbocycles. The third-order valence-electron chi connectivity index (χ3n) is 3.55. The zero-order valence-corrected chi connectivity index (χ0v) is 14.9. The predicted molar refractivity (Wildman–Crippen MR) is 102 cm³/mol. The molecule has 0 aliphatic rings. The van der Waals surface area contributed by atoms with E-state index in [2.05, 4.69) is 10.6 Å². The molecule has 2 amide bonds. The Bertz CT molecular complexity index is 854. The first-order valence-corrected chi connectivity index (χ1v) is 8.49. The van der Waals surface area contributed by atoms with E-state index in [1.54, 1.807) is 24.3 Å². The molecular formula is C19H19N3O6. The highest BCUT2D eigenvalue weighted by atomic mass is 16.6.